The summed E-state index contributed by atoms with van der Waals surface area (Å²) in [7, 11) is -4.15. The van der Waals surface area contributed by atoms with E-state index in [1.54, 1.807) is 0 Å². The van der Waals surface area contributed by atoms with E-state index in [1.165, 1.54) is 30.3 Å². The molecule has 2 aromatic carbocycles. The number of hydrogen-bond donors (Lipinski definition) is 2. The second-order valence-corrected chi connectivity index (χ2v) is 8.69. The Morgan fingerprint density at radius 3 is 2.87 bits per heavy atom. The van der Waals surface area contributed by atoms with Gasteiger partial charge in [0, 0.05) is 12.6 Å². The SMILES string of the molecule is [C-]#[N+]c1ccc(O[C@H]2CN(S(=O)(=O)c3cccc4nonc34)C[C@@]2(O)CO)cc1F. The molecule has 30 heavy (non-hydrogen) atoms. The Morgan fingerprint density at radius 1 is 1.37 bits per heavy atom. The molecule has 12 heteroatoms. The van der Waals surface area contributed by atoms with Gasteiger partial charge in [0.1, 0.15) is 33.7 Å². The molecule has 10 nitrogen and oxygen atoms in total. The highest BCUT2D eigenvalue weighted by Gasteiger charge is 2.51. The molecule has 0 saturated carbocycles. The molecule has 1 saturated heterocycles. The van der Waals surface area contributed by atoms with Gasteiger partial charge in [0.05, 0.1) is 19.7 Å². The van der Waals surface area contributed by atoms with Crippen molar-refractivity contribution in [1.82, 2.24) is 14.6 Å². The van der Waals surface area contributed by atoms with Crippen molar-refractivity contribution in [3.63, 3.8) is 0 Å². The van der Waals surface area contributed by atoms with Crippen molar-refractivity contribution in [1.29, 1.82) is 0 Å². The number of nitrogens with zero attached hydrogens (tertiary/aromatic N) is 4. The first-order valence-electron chi connectivity index (χ1n) is 8.67. The Kier molecular flexibility index (Phi) is 4.91. The lowest BCUT2D eigenvalue weighted by Gasteiger charge is -2.27. The van der Waals surface area contributed by atoms with Gasteiger partial charge in [-0.3, -0.25) is 0 Å². The summed E-state index contributed by atoms with van der Waals surface area (Å²) in [5.74, 6) is -0.832. The summed E-state index contributed by atoms with van der Waals surface area (Å²) in [6, 6.07) is 7.83. The van der Waals surface area contributed by atoms with Gasteiger partial charge in [0.15, 0.2) is 5.52 Å². The van der Waals surface area contributed by atoms with Gasteiger partial charge < -0.3 is 14.9 Å². The number of β-amino-alcohol motifs (C(OH)–C–C–N with tert-alkyl or cyclic N) is 1. The lowest BCUT2D eigenvalue weighted by molar-refractivity contribution is -0.0641. The maximum atomic E-state index is 13.9. The summed E-state index contributed by atoms with van der Waals surface area (Å²) in [4.78, 5) is 2.84. The second-order valence-electron chi connectivity index (χ2n) is 6.78. The number of aliphatic hydroxyl groups is 2. The van der Waals surface area contributed by atoms with Gasteiger partial charge in [-0.05, 0) is 34.6 Å². The van der Waals surface area contributed by atoms with Gasteiger partial charge in [0.25, 0.3) is 0 Å². The molecule has 2 N–H and O–H groups in total. The highest BCUT2D eigenvalue weighted by atomic mass is 32.2. The van der Waals surface area contributed by atoms with Crippen LogP contribution in [-0.4, -0.2) is 64.7 Å². The maximum Gasteiger partial charge on any atom is 0.245 e. The van der Waals surface area contributed by atoms with E-state index in [1.807, 2.05) is 0 Å². The first-order valence-corrected chi connectivity index (χ1v) is 10.1. The third-order valence-corrected chi connectivity index (χ3v) is 6.72. The van der Waals surface area contributed by atoms with Crippen molar-refractivity contribution in [2.24, 2.45) is 0 Å². The molecule has 0 spiro atoms. The van der Waals surface area contributed by atoms with Gasteiger partial charge in [-0.1, -0.05) is 6.07 Å². The number of halogens is 1. The summed E-state index contributed by atoms with van der Waals surface area (Å²) >= 11 is 0. The van der Waals surface area contributed by atoms with Crippen molar-refractivity contribution in [2.45, 2.75) is 16.6 Å². The van der Waals surface area contributed by atoms with Crippen LogP contribution < -0.4 is 4.74 Å². The first kappa shape index (κ1) is 20.2. The van der Waals surface area contributed by atoms with Crippen molar-refractivity contribution >= 4 is 26.7 Å². The van der Waals surface area contributed by atoms with Crippen molar-refractivity contribution in [2.75, 3.05) is 19.7 Å². The Bertz CT molecular complexity index is 1260. The molecule has 1 aromatic heterocycles. The molecule has 1 fully saturated rings. The van der Waals surface area contributed by atoms with Crippen LogP contribution in [0.4, 0.5) is 10.1 Å². The molecule has 0 unspecified atom stereocenters. The fourth-order valence-corrected chi connectivity index (χ4v) is 4.89. The van der Waals surface area contributed by atoms with Gasteiger partial charge in [-0.2, -0.15) is 4.31 Å². The van der Waals surface area contributed by atoms with Crippen LogP contribution in [0.25, 0.3) is 15.9 Å². The smallest absolute Gasteiger partial charge is 0.245 e. The lowest BCUT2D eigenvalue weighted by Crippen LogP contribution is -2.48. The molecule has 3 aromatic rings. The maximum absolute atomic E-state index is 13.9. The third-order valence-electron chi connectivity index (χ3n) is 4.88. The highest BCUT2D eigenvalue weighted by Crippen LogP contribution is 2.33. The van der Waals surface area contributed by atoms with Crippen LogP contribution in [-0.2, 0) is 10.0 Å². The molecule has 2 heterocycles. The van der Waals surface area contributed by atoms with E-state index in [2.05, 4.69) is 19.8 Å². The summed E-state index contributed by atoms with van der Waals surface area (Å²) in [5.41, 5.74) is -1.86. The van der Waals surface area contributed by atoms with Gasteiger partial charge in [-0.15, -0.1) is 0 Å². The van der Waals surface area contributed by atoms with Crippen LogP contribution in [0.1, 0.15) is 0 Å². The van der Waals surface area contributed by atoms with Crippen LogP contribution >= 0.6 is 0 Å². The monoisotopic (exact) mass is 434 g/mol. The summed E-state index contributed by atoms with van der Waals surface area (Å²) < 4.78 is 51.3. The molecular formula is C18H15FN4O6S. The number of aliphatic hydroxyl groups excluding tert-OH is 1. The number of sulfonamides is 1. The van der Waals surface area contributed by atoms with Crippen LogP contribution in [0.3, 0.4) is 0 Å². The van der Waals surface area contributed by atoms with Gasteiger partial charge >= 0.3 is 0 Å². The van der Waals surface area contributed by atoms with E-state index in [4.69, 9.17) is 11.3 Å². The average molecular weight is 434 g/mol. The molecule has 0 amide bonds. The predicted octanol–water partition coefficient (Wildman–Crippen LogP) is 1.09. The topological polar surface area (TPSA) is 130 Å². The second kappa shape index (κ2) is 7.29. The van der Waals surface area contributed by atoms with Crippen molar-refractivity contribution < 1.29 is 32.4 Å². The Morgan fingerprint density at radius 2 is 2.17 bits per heavy atom. The first-order chi connectivity index (χ1) is 14.3. The van der Waals surface area contributed by atoms with Crippen LogP contribution in [0, 0.1) is 12.4 Å². The summed E-state index contributed by atoms with van der Waals surface area (Å²) in [6.07, 6.45) is -1.19. The molecule has 0 aliphatic carbocycles. The molecule has 2 atom stereocenters. The highest BCUT2D eigenvalue weighted by molar-refractivity contribution is 7.89. The zero-order chi connectivity index (χ0) is 21.5. The number of ether oxygens (including phenoxy) is 1. The Balaban J connectivity index is 1.65. The number of aromatic nitrogens is 2. The number of rotatable bonds is 5. The molecule has 1 aliphatic heterocycles. The Hall–Kier alpha value is -3.11. The van der Waals surface area contributed by atoms with Gasteiger partial charge in [-0.25, -0.2) is 22.3 Å². The Labute approximate surface area is 169 Å². The van der Waals surface area contributed by atoms with Crippen molar-refractivity contribution in [3.05, 3.63) is 53.6 Å². The zero-order valence-electron chi connectivity index (χ0n) is 15.3. The fourth-order valence-electron chi connectivity index (χ4n) is 3.25. The molecule has 4 rings (SSSR count). The summed E-state index contributed by atoms with van der Waals surface area (Å²) in [6.45, 7) is 5.32. The summed E-state index contributed by atoms with van der Waals surface area (Å²) in [5, 5.41) is 27.7. The lowest BCUT2D eigenvalue weighted by atomic mass is 10.0. The molecule has 156 valence electrons. The normalized spacial score (nSPS) is 22.3. The van der Waals surface area contributed by atoms with Crippen LogP contribution in [0.2, 0.25) is 0 Å². The van der Waals surface area contributed by atoms with Crippen LogP contribution in [0.5, 0.6) is 5.75 Å². The fraction of sp³-hybridized carbons (Fsp3) is 0.278. The number of hydrogen-bond acceptors (Lipinski definition) is 8. The average Bonchev–Trinajstić information content (AvgIpc) is 3.33. The molecule has 0 bridgehead atoms. The third kappa shape index (κ3) is 3.27. The van der Waals surface area contributed by atoms with E-state index in [9.17, 15) is 23.0 Å². The van der Waals surface area contributed by atoms with Gasteiger partial charge in [0.2, 0.25) is 15.7 Å². The van der Waals surface area contributed by atoms with Crippen LogP contribution in [0.15, 0.2) is 45.9 Å². The van der Waals surface area contributed by atoms with Crippen molar-refractivity contribution in [3.8, 4) is 5.75 Å². The predicted molar refractivity (Wildman–Crippen MR) is 99.7 cm³/mol. The minimum Gasteiger partial charge on any atom is -0.486 e. The number of fused-ring (bicyclic) bond motifs is 1. The van der Waals surface area contributed by atoms with E-state index in [0.717, 1.165) is 10.4 Å². The van der Waals surface area contributed by atoms with E-state index in [0.29, 0.717) is 0 Å². The zero-order valence-corrected chi connectivity index (χ0v) is 16.1. The molecular weight excluding hydrogens is 419 g/mol. The minimum atomic E-state index is -4.15. The number of benzene rings is 2. The van der Waals surface area contributed by atoms with E-state index in [-0.39, 0.29) is 33.9 Å². The standard InChI is InChI=1S/C18H15FN4O6S/c1-20-13-6-5-11(7-12(13)19)28-16-8-23(9-18(16,25)10-24)30(26,27)15-4-2-3-14-17(15)22-29-21-14/h2-7,16,24-25H,8-10H2/t16-,18+/m0/s1. The minimum absolute atomic E-state index is 0.0150. The van der Waals surface area contributed by atoms with E-state index >= 15 is 0 Å². The quantitative estimate of drug-likeness (QED) is 0.571. The van der Waals surface area contributed by atoms with E-state index < -0.39 is 40.7 Å². The molecule has 1 aliphatic rings. The largest absolute Gasteiger partial charge is 0.486 e. The molecule has 0 radical (unpaired) electrons.